The lowest BCUT2D eigenvalue weighted by molar-refractivity contribution is 0.454. The maximum absolute atomic E-state index is 12.3. The average molecular weight is 428 g/mol. The predicted octanol–water partition coefficient (Wildman–Crippen LogP) is 4.40. The Bertz CT molecular complexity index is 856. The van der Waals surface area contributed by atoms with Crippen molar-refractivity contribution in [1.29, 1.82) is 0 Å². The molecule has 0 aliphatic rings. The van der Waals surface area contributed by atoms with Crippen LogP contribution in [0.15, 0.2) is 49.5 Å². The van der Waals surface area contributed by atoms with Gasteiger partial charge in [-0.3, -0.25) is 4.79 Å². The van der Waals surface area contributed by atoms with Gasteiger partial charge in [0.25, 0.3) is 5.56 Å². The van der Waals surface area contributed by atoms with Crippen LogP contribution in [0, 0.1) is 0 Å². The molecule has 3 rings (SSSR count). The zero-order chi connectivity index (χ0) is 15.0. The van der Waals surface area contributed by atoms with Gasteiger partial charge < -0.3 is 10.1 Å². The molecule has 0 radical (unpaired) electrons. The van der Waals surface area contributed by atoms with Crippen molar-refractivity contribution in [1.82, 2.24) is 9.97 Å². The van der Waals surface area contributed by atoms with E-state index >= 15 is 0 Å². The van der Waals surface area contributed by atoms with Crippen molar-refractivity contribution < 1.29 is 5.11 Å². The molecule has 7 heteroatoms. The number of benzene rings is 1. The predicted molar refractivity (Wildman–Crippen MR) is 90.7 cm³/mol. The smallest absolute Gasteiger partial charge is 0.262 e. The van der Waals surface area contributed by atoms with Crippen LogP contribution in [0.1, 0.15) is 0 Å². The molecule has 106 valence electrons. The number of aromatic nitrogens is 2. The fourth-order valence-electron chi connectivity index (χ4n) is 1.90. The van der Waals surface area contributed by atoms with Crippen LogP contribution in [0.2, 0.25) is 0 Å². The van der Waals surface area contributed by atoms with Crippen molar-refractivity contribution in [3.05, 3.63) is 55.0 Å². The summed E-state index contributed by atoms with van der Waals surface area (Å²) in [6.45, 7) is 0. The van der Waals surface area contributed by atoms with Crippen LogP contribution in [-0.2, 0) is 0 Å². The number of hydrogen-bond acceptors (Lipinski definition) is 4. The number of aromatic hydroxyl groups is 1. The summed E-state index contributed by atoms with van der Waals surface area (Å²) in [5.74, 6) is 0.0784. The van der Waals surface area contributed by atoms with Crippen molar-refractivity contribution in [2.24, 2.45) is 0 Å². The highest BCUT2D eigenvalue weighted by Gasteiger charge is 2.14. The minimum Gasteiger partial charge on any atom is -0.493 e. The van der Waals surface area contributed by atoms with Crippen molar-refractivity contribution in [3.8, 4) is 27.7 Å². The Morgan fingerprint density at radius 1 is 1.10 bits per heavy atom. The first-order valence-electron chi connectivity index (χ1n) is 5.89. The molecule has 2 N–H and O–H groups in total. The Morgan fingerprint density at radius 3 is 2.38 bits per heavy atom. The molecule has 2 aromatic heterocycles. The molecular formula is C14H8Br2N2O2S. The van der Waals surface area contributed by atoms with Crippen molar-refractivity contribution >= 4 is 43.2 Å². The normalized spacial score (nSPS) is 10.8. The third-order valence-electron chi connectivity index (χ3n) is 2.84. The van der Waals surface area contributed by atoms with Crippen molar-refractivity contribution in [2.45, 2.75) is 0 Å². The van der Waals surface area contributed by atoms with Gasteiger partial charge in [-0.25, -0.2) is 0 Å². The third kappa shape index (κ3) is 2.95. The van der Waals surface area contributed by atoms with Crippen LogP contribution >= 0.6 is 43.2 Å². The molecule has 0 atom stereocenters. The summed E-state index contributed by atoms with van der Waals surface area (Å²) >= 11 is 8.12. The van der Waals surface area contributed by atoms with Gasteiger partial charge in [-0.15, -0.1) is 11.3 Å². The number of H-pyrrole nitrogens is 1. The fraction of sp³-hybridized carbons (Fsp3) is 0. The molecule has 0 amide bonds. The highest BCUT2D eigenvalue weighted by Crippen LogP contribution is 2.31. The van der Waals surface area contributed by atoms with Gasteiger partial charge in [0.1, 0.15) is 5.56 Å². The van der Waals surface area contributed by atoms with E-state index in [-0.39, 0.29) is 17.0 Å². The Balaban J connectivity index is 2.12. The Morgan fingerprint density at radius 2 is 1.81 bits per heavy atom. The van der Waals surface area contributed by atoms with E-state index in [1.54, 1.807) is 24.3 Å². The van der Waals surface area contributed by atoms with Crippen LogP contribution < -0.4 is 5.56 Å². The minimum absolute atomic E-state index is 0.168. The van der Waals surface area contributed by atoms with Crippen LogP contribution in [0.4, 0.5) is 0 Å². The van der Waals surface area contributed by atoms with E-state index in [4.69, 9.17) is 0 Å². The van der Waals surface area contributed by atoms with Gasteiger partial charge >= 0.3 is 0 Å². The molecule has 0 bridgehead atoms. The summed E-state index contributed by atoms with van der Waals surface area (Å²) in [5.41, 5.74) is 0.412. The number of hydrogen-bond donors (Lipinski definition) is 2. The molecule has 0 saturated heterocycles. The van der Waals surface area contributed by atoms with Crippen LogP contribution in [-0.4, -0.2) is 15.1 Å². The monoisotopic (exact) mass is 426 g/mol. The zero-order valence-corrected chi connectivity index (χ0v) is 14.4. The first-order chi connectivity index (χ1) is 10.0. The number of nitrogens with one attached hydrogen (secondary N) is 1. The zero-order valence-electron chi connectivity index (χ0n) is 10.4. The van der Waals surface area contributed by atoms with E-state index in [1.807, 2.05) is 12.1 Å². The highest BCUT2D eigenvalue weighted by molar-refractivity contribution is 9.11. The van der Waals surface area contributed by atoms with Gasteiger partial charge in [0.05, 0.1) is 8.66 Å². The van der Waals surface area contributed by atoms with E-state index in [2.05, 4.69) is 41.8 Å². The molecular weight excluding hydrogens is 420 g/mol. The lowest BCUT2D eigenvalue weighted by Gasteiger charge is -2.05. The molecule has 3 aromatic rings. The van der Waals surface area contributed by atoms with Crippen molar-refractivity contribution in [2.75, 3.05) is 0 Å². The van der Waals surface area contributed by atoms with Crippen LogP contribution in [0.3, 0.4) is 0 Å². The van der Waals surface area contributed by atoms with Crippen molar-refractivity contribution in [3.63, 3.8) is 0 Å². The number of thiophene rings is 1. The minimum atomic E-state index is -0.371. The third-order valence-corrected chi connectivity index (χ3v) is 5.00. The largest absolute Gasteiger partial charge is 0.493 e. The second kappa shape index (κ2) is 5.75. The van der Waals surface area contributed by atoms with Gasteiger partial charge in [0.2, 0.25) is 5.88 Å². The molecule has 0 saturated carbocycles. The molecule has 0 aliphatic heterocycles. The van der Waals surface area contributed by atoms with E-state index in [9.17, 15) is 9.90 Å². The maximum Gasteiger partial charge on any atom is 0.262 e. The number of halogens is 2. The number of rotatable bonds is 2. The molecule has 0 fully saturated rings. The quantitative estimate of drug-likeness (QED) is 0.637. The lowest BCUT2D eigenvalue weighted by Crippen LogP contribution is -2.11. The summed E-state index contributed by atoms with van der Waals surface area (Å²) in [7, 11) is 0. The van der Waals surface area contributed by atoms with E-state index in [0.717, 1.165) is 13.1 Å². The lowest BCUT2D eigenvalue weighted by atomic mass is 10.1. The second-order valence-electron chi connectivity index (χ2n) is 4.22. The first kappa shape index (κ1) is 14.5. The van der Waals surface area contributed by atoms with E-state index in [1.165, 1.54) is 11.3 Å². The number of nitrogens with zero attached hydrogens (tertiary/aromatic N) is 1. The Labute approximate surface area is 140 Å². The van der Waals surface area contributed by atoms with E-state index in [0.29, 0.717) is 11.4 Å². The van der Waals surface area contributed by atoms with Crippen LogP contribution in [0.5, 0.6) is 5.88 Å². The summed E-state index contributed by atoms with van der Waals surface area (Å²) in [6, 6.07) is 10.8. The summed E-state index contributed by atoms with van der Waals surface area (Å²) in [4.78, 5) is 19.8. The molecule has 4 nitrogen and oxygen atoms in total. The summed E-state index contributed by atoms with van der Waals surface area (Å²) < 4.78 is 1.83. The molecule has 1 aromatic carbocycles. The number of aromatic amines is 1. The fourth-order valence-corrected chi connectivity index (χ4v) is 3.49. The molecule has 2 heterocycles. The SMILES string of the molecule is O=c1[nH]c(-c2ccc(Br)s2)nc(O)c1-c1ccc(Br)cc1. The van der Waals surface area contributed by atoms with Gasteiger partial charge in [0, 0.05) is 4.47 Å². The highest BCUT2D eigenvalue weighted by atomic mass is 79.9. The molecule has 0 unspecified atom stereocenters. The average Bonchev–Trinajstić information content (AvgIpc) is 2.87. The van der Waals surface area contributed by atoms with Gasteiger partial charge in [-0.2, -0.15) is 4.98 Å². The standard InChI is InChI=1S/C14H8Br2N2O2S/c15-8-3-1-7(2-4-8)11-13(19)17-12(18-14(11)20)9-5-6-10(16)21-9/h1-6H,(H2,17,18,19,20). The van der Waals surface area contributed by atoms with Crippen LogP contribution in [0.25, 0.3) is 21.8 Å². The molecule has 21 heavy (non-hydrogen) atoms. The second-order valence-corrected chi connectivity index (χ2v) is 7.60. The first-order valence-corrected chi connectivity index (χ1v) is 8.30. The van der Waals surface area contributed by atoms with E-state index < -0.39 is 0 Å². The van der Waals surface area contributed by atoms with Gasteiger partial charge in [-0.1, -0.05) is 28.1 Å². The molecule has 0 aliphatic carbocycles. The molecule has 0 spiro atoms. The Hall–Kier alpha value is -1.44. The maximum atomic E-state index is 12.3. The summed E-state index contributed by atoms with van der Waals surface area (Å²) in [5, 5.41) is 10.1. The van der Waals surface area contributed by atoms with Gasteiger partial charge in [0.15, 0.2) is 5.82 Å². The van der Waals surface area contributed by atoms with Gasteiger partial charge in [-0.05, 0) is 45.8 Å². The topological polar surface area (TPSA) is 66.0 Å². The Kier molecular flexibility index (Phi) is 3.97. The summed E-state index contributed by atoms with van der Waals surface area (Å²) in [6.07, 6.45) is 0.